The monoisotopic (exact) mass is 308 g/mol. The lowest BCUT2D eigenvalue weighted by atomic mass is 10.0. The van der Waals surface area contributed by atoms with Gasteiger partial charge >= 0.3 is 0 Å². The molecule has 2 aliphatic rings. The van der Waals surface area contributed by atoms with Crippen LogP contribution in [-0.2, 0) is 0 Å². The maximum absolute atomic E-state index is 2.38. The van der Waals surface area contributed by atoms with Crippen LogP contribution < -0.4 is 0 Å². The van der Waals surface area contributed by atoms with E-state index in [1.54, 1.807) is 11.1 Å². The quantitative estimate of drug-likeness (QED) is 0.554. The third-order valence-electron chi connectivity index (χ3n) is 5.55. The minimum absolute atomic E-state index is 0.0743. The van der Waals surface area contributed by atoms with E-state index in [1.165, 1.54) is 38.5 Å². The summed E-state index contributed by atoms with van der Waals surface area (Å²) in [6.45, 7) is 0. The van der Waals surface area contributed by atoms with Gasteiger partial charge in [-0.1, -0.05) is 81.4 Å². The van der Waals surface area contributed by atoms with Crippen molar-refractivity contribution in [2.75, 3.05) is 0 Å². The number of hydrogen-bond acceptors (Lipinski definition) is 0. The highest BCUT2D eigenvalue weighted by Gasteiger charge is 2.42. The molecular formula is C21H25P. The number of hydrogen-bond donors (Lipinski definition) is 0. The normalized spacial score (nSPS) is 29.0. The molecule has 4 rings (SSSR count). The van der Waals surface area contributed by atoms with Crippen LogP contribution in [0.2, 0.25) is 0 Å². The molecule has 114 valence electrons. The Balaban J connectivity index is 1.68. The maximum atomic E-state index is 2.38. The summed E-state index contributed by atoms with van der Waals surface area (Å²) in [5.74, 6) is 0. The van der Waals surface area contributed by atoms with Crippen LogP contribution in [-0.4, -0.2) is 5.66 Å². The number of benzene rings is 2. The second kappa shape index (κ2) is 6.55. The molecule has 1 aliphatic carbocycles. The Morgan fingerprint density at radius 2 is 1.05 bits per heavy atom. The Morgan fingerprint density at radius 1 is 0.591 bits per heavy atom. The predicted molar refractivity (Wildman–Crippen MR) is 96.8 cm³/mol. The molecule has 0 nitrogen and oxygen atoms in total. The van der Waals surface area contributed by atoms with E-state index in [0.717, 1.165) is 17.0 Å². The predicted octanol–water partition coefficient (Wildman–Crippen LogP) is 6.69. The topological polar surface area (TPSA) is 0 Å². The van der Waals surface area contributed by atoms with Gasteiger partial charge in [0.05, 0.1) is 0 Å². The lowest BCUT2D eigenvalue weighted by Gasteiger charge is -2.32. The van der Waals surface area contributed by atoms with Crippen LogP contribution in [0.4, 0.5) is 0 Å². The Labute approximate surface area is 135 Å². The maximum Gasteiger partial charge on any atom is 0.00501 e. The van der Waals surface area contributed by atoms with Crippen LogP contribution in [0.15, 0.2) is 60.7 Å². The van der Waals surface area contributed by atoms with E-state index in [-0.39, 0.29) is 7.92 Å². The molecule has 2 aromatic carbocycles. The molecule has 0 spiro atoms. The lowest BCUT2D eigenvalue weighted by molar-refractivity contribution is 0.765. The first kappa shape index (κ1) is 14.5. The minimum atomic E-state index is 0.0743. The summed E-state index contributed by atoms with van der Waals surface area (Å²) < 4.78 is 0. The van der Waals surface area contributed by atoms with Crippen molar-refractivity contribution in [2.45, 2.75) is 55.5 Å². The van der Waals surface area contributed by atoms with E-state index < -0.39 is 0 Å². The van der Waals surface area contributed by atoms with Crippen molar-refractivity contribution < 1.29 is 0 Å². The third-order valence-corrected chi connectivity index (χ3v) is 9.46. The summed E-state index contributed by atoms with van der Waals surface area (Å²) in [6, 6.07) is 22.7. The molecular weight excluding hydrogens is 283 g/mol. The SMILES string of the molecule is c1ccc(C2CC[C@H](c3ccccc3)P2C2CCCC2)cc1. The molecule has 1 saturated carbocycles. The van der Waals surface area contributed by atoms with Crippen LogP contribution in [0.3, 0.4) is 0 Å². The molecule has 0 bridgehead atoms. The highest BCUT2D eigenvalue weighted by atomic mass is 31.1. The summed E-state index contributed by atoms with van der Waals surface area (Å²) in [6.07, 6.45) is 8.69. The second-order valence-corrected chi connectivity index (χ2v) is 9.69. The smallest absolute Gasteiger partial charge is 0.00501 e. The molecule has 0 N–H and O–H groups in total. The first-order chi connectivity index (χ1) is 10.9. The highest BCUT2D eigenvalue weighted by Crippen LogP contribution is 2.74. The highest BCUT2D eigenvalue weighted by molar-refractivity contribution is 7.59. The molecule has 2 aromatic rings. The minimum Gasteiger partial charge on any atom is -0.0881 e. The van der Waals surface area contributed by atoms with Gasteiger partial charge in [-0.05, 0) is 42.5 Å². The Morgan fingerprint density at radius 3 is 1.50 bits per heavy atom. The number of rotatable bonds is 3. The van der Waals surface area contributed by atoms with Gasteiger partial charge in [-0.2, -0.15) is 0 Å². The molecule has 1 aliphatic heterocycles. The van der Waals surface area contributed by atoms with Crippen molar-refractivity contribution in [2.24, 2.45) is 0 Å². The van der Waals surface area contributed by atoms with Crippen LogP contribution in [0.5, 0.6) is 0 Å². The van der Waals surface area contributed by atoms with Gasteiger partial charge in [0.15, 0.2) is 0 Å². The van der Waals surface area contributed by atoms with Gasteiger partial charge in [-0.15, -0.1) is 0 Å². The molecule has 1 saturated heterocycles. The zero-order valence-electron chi connectivity index (χ0n) is 13.2. The van der Waals surface area contributed by atoms with Crippen LogP contribution in [0, 0.1) is 0 Å². The van der Waals surface area contributed by atoms with E-state index in [1.807, 2.05) is 0 Å². The Bertz CT molecular complexity index is 538. The van der Waals surface area contributed by atoms with Crippen molar-refractivity contribution in [3.8, 4) is 0 Å². The molecule has 22 heavy (non-hydrogen) atoms. The van der Waals surface area contributed by atoms with Gasteiger partial charge < -0.3 is 0 Å². The van der Waals surface area contributed by atoms with E-state index >= 15 is 0 Å². The summed E-state index contributed by atoms with van der Waals surface area (Å²) >= 11 is 0. The average Bonchev–Trinajstić information content (AvgIpc) is 3.25. The summed E-state index contributed by atoms with van der Waals surface area (Å²) in [7, 11) is 0.0743. The van der Waals surface area contributed by atoms with E-state index in [0.29, 0.717) is 0 Å². The van der Waals surface area contributed by atoms with Crippen molar-refractivity contribution in [3.63, 3.8) is 0 Å². The zero-order valence-corrected chi connectivity index (χ0v) is 14.1. The van der Waals surface area contributed by atoms with Gasteiger partial charge in [0.1, 0.15) is 0 Å². The van der Waals surface area contributed by atoms with E-state index in [4.69, 9.17) is 0 Å². The molecule has 2 fully saturated rings. The standard InChI is InChI=1S/C21H25P/c1-3-9-17(10-4-1)20-15-16-21(18-11-5-2-6-12-18)22(20)19-13-7-8-14-19/h1-6,9-12,19-21H,7-8,13-16H2/t20-,21?,22?/m1/s1. The fraction of sp³-hybridized carbons (Fsp3) is 0.429. The Kier molecular flexibility index (Phi) is 4.30. The fourth-order valence-electron chi connectivity index (χ4n) is 4.57. The Hall–Kier alpha value is -1.13. The molecule has 0 aromatic heterocycles. The molecule has 1 heterocycles. The second-order valence-electron chi connectivity index (χ2n) is 6.82. The molecule has 1 heteroatoms. The van der Waals surface area contributed by atoms with E-state index in [9.17, 15) is 0 Å². The molecule has 2 unspecified atom stereocenters. The van der Waals surface area contributed by atoms with Gasteiger partial charge in [0.25, 0.3) is 0 Å². The van der Waals surface area contributed by atoms with Gasteiger partial charge in [-0.3, -0.25) is 0 Å². The van der Waals surface area contributed by atoms with Crippen molar-refractivity contribution in [1.29, 1.82) is 0 Å². The zero-order chi connectivity index (χ0) is 14.8. The molecule has 3 atom stereocenters. The van der Waals surface area contributed by atoms with Crippen LogP contribution in [0.25, 0.3) is 0 Å². The van der Waals surface area contributed by atoms with Crippen molar-refractivity contribution >= 4 is 7.92 Å². The molecule has 0 amide bonds. The first-order valence-corrected chi connectivity index (χ1v) is 10.4. The van der Waals surface area contributed by atoms with Crippen molar-refractivity contribution in [1.82, 2.24) is 0 Å². The van der Waals surface area contributed by atoms with Gasteiger partial charge in [0, 0.05) is 11.3 Å². The third kappa shape index (κ3) is 2.74. The fourth-order valence-corrected chi connectivity index (χ4v) is 8.91. The van der Waals surface area contributed by atoms with E-state index in [2.05, 4.69) is 60.7 Å². The van der Waals surface area contributed by atoms with Crippen LogP contribution >= 0.6 is 7.92 Å². The van der Waals surface area contributed by atoms with Crippen LogP contribution in [0.1, 0.15) is 61.0 Å². The lowest BCUT2D eigenvalue weighted by Crippen LogP contribution is -2.06. The largest absolute Gasteiger partial charge is 0.0881 e. The molecule has 0 radical (unpaired) electrons. The summed E-state index contributed by atoms with van der Waals surface area (Å²) in [4.78, 5) is 0. The van der Waals surface area contributed by atoms with Crippen molar-refractivity contribution in [3.05, 3.63) is 71.8 Å². The summed E-state index contributed by atoms with van der Waals surface area (Å²) in [5, 5.41) is 0. The summed E-state index contributed by atoms with van der Waals surface area (Å²) in [5.41, 5.74) is 5.90. The van der Waals surface area contributed by atoms with Gasteiger partial charge in [-0.25, -0.2) is 0 Å². The average molecular weight is 308 g/mol. The van der Waals surface area contributed by atoms with Gasteiger partial charge in [0.2, 0.25) is 0 Å². The first-order valence-electron chi connectivity index (χ1n) is 8.81.